The van der Waals surface area contributed by atoms with Crippen molar-refractivity contribution in [2.24, 2.45) is 0 Å². The zero-order valence-corrected chi connectivity index (χ0v) is 16.3. The van der Waals surface area contributed by atoms with Gasteiger partial charge in [0.1, 0.15) is 11.5 Å². The van der Waals surface area contributed by atoms with Crippen molar-refractivity contribution in [1.82, 2.24) is 5.32 Å². The second-order valence-electron chi connectivity index (χ2n) is 6.15. The highest BCUT2D eigenvalue weighted by Gasteiger charge is 2.14. The van der Waals surface area contributed by atoms with Crippen molar-refractivity contribution in [2.75, 3.05) is 11.8 Å². The molecule has 0 aliphatic heterocycles. The molecule has 0 fully saturated rings. The molecule has 0 saturated carbocycles. The zero-order chi connectivity index (χ0) is 20.1. The lowest BCUT2D eigenvalue weighted by Crippen LogP contribution is -2.17. The minimum Gasteiger partial charge on any atom is -0.457 e. The van der Waals surface area contributed by atoms with Crippen LogP contribution in [0.15, 0.2) is 77.7 Å². The van der Waals surface area contributed by atoms with Gasteiger partial charge in [0.05, 0.1) is 4.90 Å². The lowest BCUT2D eigenvalue weighted by Gasteiger charge is -2.10. The number of amides is 1. The Morgan fingerprint density at radius 3 is 2.21 bits per heavy atom. The van der Waals surface area contributed by atoms with E-state index in [4.69, 9.17) is 4.74 Å². The number of sulfonamides is 1. The lowest BCUT2D eigenvalue weighted by atomic mass is 10.2. The van der Waals surface area contributed by atoms with Gasteiger partial charge in [-0.1, -0.05) is 23.8 Å². The van der Waals surface area contributed by atoms with Crippen LogP contribution in [0.25, 0.3) is 0 Å². The summed E-state index contributed by atoms with van der Waals surface area (Å²) < 4.78 is 33.2. The van der Waals surface area contributed by atoms with Gasteiger partial charge in [-0.2, -0.15) is 0 Å². The summed E-state index contributed by atoms with van der Waals surface area (Å²) >= 11 is 0. The fraction of sp³-hybridized carbons (Fsp3) is 0.0952. The van der Waals surface area contributed by atoms with Gasteiger partial charge in [-0.25, -0.2) is 8.42 Å². The molecule has 0 aromatic heterocycles. The maximum Gasteiger partial charge on any atom is 0.261 e. The molecule has 3 aromatic carbocycles. The number of hydrogen-bond donors (Lipinski definition) is 2. The van der Waals surface area contributed by atoms with Crippen molar-refractivity contribution in [1.29, 1.82) is 0 Å². The van der Waals surface area contributed by atoms with E-state index >= 15 is 0 Å². The van der Waals surface area contributed by atoms with Crippen molar-refractivity contribution in [3.8, 4) is 11.5 Å². The van der Waals surface area contributed by atoms with Crippen molar-refractivity contribution in [3.05, 3.63) is 83.9 Å². The molecule has 0 saturated heterocycles. The molecule has 0 radical (unpaired) electrons. The van der Waals surface area contributed by atoms with Crippen LogP contribution in [0.5, 0.6) is 11.5 Å². The topological polar surface area (TPSA) is 84.5 Å². The van der Waals surface area contributed by atoms with Gasteiger partial charge in [-0.05, 0) is 61.5 Å². The maximum atomic E-state index is 12.4. The van der Waals surface area contributed by atoms with Crippen molar-refractivity contribution in [3.63, 3.8) is 0 Å². The van der Waals surface area contributed by atoms with Crippen molar-refractivity contribution < 1.29 is 17.9 Å². The monoisotopic (exact) mass is 396 g/mol. The van der Waals surface area contributed by atoms with Crippen LogP contribution in [0.4, 0.5) is 5.69 Å². The van der Waals surface area contributed by atoms with Gasteiger partial charge in [0.2, 0.25) is 0 Å². The second kappa shape index (κ2) is 8.14. The Balaban J connectivity index is 1.72. The molecule has 7 heteroatoms. The molecule has 1 amide bonds. The largest absolute Gasteiger partial charge is 0.457 e. The molecule has 0 spiro atoms. The molecule has 0 aliphatic carbocycles. The first kappa shape index (κ1) is 19.4. The van der Waals surface area contributed by atoms with Crippen molar-refractivity contribution in [2.45, 2.75) is 11.8 Å². The van der Waals surface area contributed by atoms with Gasteiger partial charge in [-0.3, -0.25) is 9.52 Å². The Labute approximate surface area is 164 Å². The highest BCUT2D eigenvalue weighted by Crippen LogP contribution is 2.25. The van der Waals surface area contributed by atoms with Crippen LogP contribution in [0, 0.1) is 6.92 Å². The van der Waals surface area contributed by atoms with E-state index in [0.717, 1.165) is 5.56 Å². The van der Waals surface area contributed by atoms with E-state index in [2.05, 4.69) is 10.0 Å². The molecule has 0 bridgehead atoms. The van der Waals surface area contributed by atoms with E-state index in [1.54, 1.807) is 79.8 Å². The predicted octanol–water partition coefficient (Wildman–Crippen LogP) is 3.95. The molecule has 144 valence electrons. The van der Waals surface area contributed by atoms with Crippen LogP contribution in [0.2, 0.25) is 0 Å². The highest BCUT2D eigenvalue weighted by atomic mass is 32.2. The number of carbonyl (C=O) groups excluding carboxylic acids is 1. The van der Waals surface area contributed by atoms with Crippen LogP contribution in [0.3, 0.4) is 0 Å². The Hall–Kier alpha value is -3.32. The second-order valence-corrected chi connectivity index (χ2v) is 7.83. The van der Waals surface area contributed by atoms with Gasteiger partial charge in [0.25, 0.3) is 15.9 Å². The highest BCUT2D eigenvalue weighted by molar-refractivity contribution is 7.92. The minimum absolute atomic E-state index is 0.199. The van der Waals surface area contributed by atoms with E-state index in [0.29, 0.717) is 22.7 Å². The standard InChI is InChI=1S/C21H20N2O4S/c1-15-6-12-20(13-7-15)28(25,26)23-17-8-10-18(11-9-17)27-19-5-3-4-16(14-19)21(24)22-2/h3-14,23H,1-2H3,(H,22,24). The molecule has 6 nitrogen and oxygen atoms in total. The van der Waals surface area contributed by atoms with Gasteiger partial charge in [0, 0.05) is 18.3 Å². The van der Waals surface area contributed by atoms with E-state index in [9.17, 15) is 13.2 Å². The fourth-order valence-corrected chi connectivity index (χ4v) is 3.56. The molecule has 0 atom stereocenters. The molecule has 0 heterocycles. The normalized spacial score (nSPS) is 10.9. The number of ether oxygens (including phenoxy) is 1. The van der Waals surface area contributed by atoms with Crippen LogP contribution < -0.4 is 14.8 Å². The first-order valence-electron chi connectivity index (χ1n) is 8.57. The number of hydrogen-bond acceptors (Lipinski definition) is 4. The number of rotatable bonds is 6. The van der Waals surface area contributed by atoms with E-state index in [-0.39, 0.29) is 10.8 Å². The molecular weight excluding hydrogens is 376 g/mol. The van der Waals surface area contributed by atoms with E-state index in [1.807, 2.05) is 6.92 Å². The molecule has 0 unspecified atom stereocenters. The molecule has 2 N–H and O–H groups in total. The maximum absolute atomic E-state index is 12.4. The summed E-state index contributed by atoms with van der Waals surface area (Å²) in [5.74, 6) is 0.827. The molecular formula is C21H20N2O4S. The van der Waals surface area contributed by atoms with Gasteiger partial charge < -0.3 is 10.1 Å². The third-order valence-corrected chi connectivity index (χ3v) is 5.39. The summed E-state index contributed by atoms with van der Waals surface area (Å²) in [5.41, 5.74) is 1.90. The number of anilines is 1. The first-order chi connectivity index (χ1) is 13.4. The fourth-order valence-electron chi connectivity index (χ4n) is 2.50. The smallest absolute Gasteiger partial charge is 0.261 e. The summed E-state index contributed by atoms with van der Waals surface area (Å²) in [6.45, 7) is 1.90. The van der Waals surface area contributed by atoms with Crippen LogP contribution in [-0.4, -0.2) is 21.4 Å². The quantitative estimate of drug-likeness (QED) is 0.661. The molecule has 3 aromatic rings. The zero-order valence-electron chi connectivity index (χ0n) is 15.5. The Kier molecular flexibility index (Phi) is 5.65. The third kappa shape index (κ3) is 4.69. The van der Waals surface area contributed by atoms with Crippen LogP contribution >= 0.6 is 0 Å². The lowest BCUT2D eigenvalue weighted by molar-refractivity contribution is 0.0962. The van der Waals surface area contributed by atoms with Gasteiger partial charge >= 0.3 is 0 Å². The Bertz CT molecular complexity index is 1080. The van der Waals surface area contributed by atoms with Crippen LogP contribution in [-0.2, 0) is 10.0 Å². The number of nitrogens with one attached hydrogen (secondary N) is 2. The number of carbonyl (C=O) groups is 1. The molecule has 3 rings (SSSR count). The molecule has 28 heavy (non-hydrogen) atoms. The summed E-state index contributed by atoms with van der Waals surface area (Å²) in [4.78, 5) is 11.9. The minimum atomic E-state index is -3.66. The Morgan fingerprint density at radius 2 is 1.57 bits per heavy atom. The van der Waals surface area contributed by atoms with Crippen LogP contribution in [0.1, 0.15) is 15.9 Å². The number of aryl methyl sites for hydroxylation is 1. The number of benzene rings is 3. The van der Waals surface area contributed by atoms with Gasteiger partial charge in [-0.15, -0.1) is 0 Å². The average Bonchev–Trinajstić information content (AvgIpc) is 2.69. The summed E-state index contributed by atoms with van der Waals surface area (Å²) in [5, 5.41) is 2.56. The Morgan fingerprint density at radius 1 is 0.893 bits per heavy atom. The average molecular weight is 396 g/mol. The van der Waals surface area contributed by atoms with Crippen molar-refractivity contribution >= 4 is 21.6 Å². The SMILES string of the molecule is CNC(=O)c1cccc(Oc2ccc(NS(=O)(=O)c3ccc(C)cc3)cc2)c1. The summed E-state index contributed by atoms with van der Waals surface area (Å²) in [7, 11) is -2.09. The van der Waals surface area contributed by atoms with E-state index in [1.165, 1.54) is 0 Å². The van der Waals surface area contributed by atoms with E-state index < -0.39 is 10.0 Å². The first-order valence-corrected chi connectivity index (χ1v) is 10.1. The summed E-state index contributed by atoms with van der Waals surface area (Å²) in [6, 6.07) is 19.9. The summed E-state index contributed by atoms with van der Waals surface area (Å²) in [6.07, 6.45) is 0. The predicted molar refractivity (Wildman–Crippen MR) is 108 cm³/mol. The van der Waals surface area contributed by atoms with Gasteiger partial charge in [0.15, 0.2) is 0 Å². The third-order valence-electron chi connectivity index (χ3n) is 4.00. The molecule has 0 aliphatic rings.